The van der Waals surface area contributed by atoms with Gasteiger partial charge >= 0.3 is 0 Å². The second kappa shape index (κ2) is 8.53. The Morgan fingerprint density at radius 3 is 2.55 bits per heavy atom. The molecular formula is C24H27N3O4+2. The highest BCUT2D eigenvalue weighted by Gasteiger charge is 2.47. The van der Waals surface area contributed by atoms with E-state index in [2.05, 4.69) is 24.3 Å². The Balaban J connectivity index is 1.18. The summed E-state index contributed by atoms with van der Waals surface area (Å²) in [6.07, 6.45) is 4.65. The first kappa shape index (κ1) is 19.8. The summed E-state index contributed by atoms with van der Waals surface area (Å²) in [5.41, 5.74) is 1.78. The Morgan fingerprint density at radius 1 is 0.968 bits per heavy atom. The van der Waals surface area contributed by atoms with E-state index in [1.165, 1.54) is 20.3 Å². The van der Waals surface area contributed by atoms with Crippen LogP contribution in [0.25, 0.3) is 6.08 Å². The van der Waals surface area contributed by atoms with Crippen LogP contribution in [-0.2, 0) is 9.59 Å². The van der Waals surface area contributed by atoms with Gasteiger partial charge in [-0.05, 0) is 23.8 Å². The summed E-state index contributed by atoms with van der Waals surface area (Å²) in [5, 5.41) is 0. The van der Waals surface area contributed by atoms with Crippen molar-refractivity contribution in [2.45, 2.75) is 12.5 Å². The van der Waals surface area contributed by atoms with Gasteiger partial charge in [-0.25, -0.2) is 4.90 Å². The number of benzene rings is 2. The molecule has 2 N–H and O–H groups in total. The molecule has 2 fully saturated rings. The molecule has 160 valence electrons. The topological polar surface area (TPSA) is 64.7 Å². The molecule has 7 heteroatoms. The van der Waals surface area contributed by atoms with Crippen molar-refractivity contribution in [3.05, 3.63) is 60.2 Å². The predicted molar refractivity (Wildman–Crippen MR) is 115 cm³/mol. The molecule has 3 heterocycles. The van der Waals surface area contributed by atoms with Crippen molar-refractivity contribution in [3.63, 3.8) is 0 Å². The Bertz CT molecular complexity index is 999. The number of amides is 2. The molecule has 2 saturated heterocycles. The molecule has 0 unspecified atom stereocenters. The zero-order chi connectivity index (χ0) is 21.2. The van der Waals surface area contributed by atoms with E-state index in [4.69, 9.17) is 9.47 Å². The highest BCUT2D eigenvalue weighted by Crippen LogP contribution is 2.36. The van der Waals surface area contributed by atoms with Crippen LogP contribution >= 0.6 is 0 Å². The number of nitrogens with zero attached hydrogens (tertiary/aromatic N) is 1. The van der Waals surface area contributed by atoms with E-state index in [-0.39, 0.29) is 31.1 Å². The number of fused-ring (bicyclic) bond motifs is 1. The summed E-state index contributed by atoms with van der Waals surface area (Å²) in [6.45, 7) is 4.93. The number of piperazine rings is 1. The fraction of sp³-hybridized carbons (Fsp3) is 0.333. The Hall–Kier alpha value is -3.16. The molecule has 1 atom stereocenters. The van der Waals surface area contributed by atoms with E-state index in [0.717, 1.165) is 32.7 Å². The van der Waals surface area contributed by atoms with Crippen molar-refractivity contribution in [1.29, 1.82) is 0 Å². The summed E-state index contributed by atoms with van der Waals surface area (Å²) in [4.78, 5) is 29.9. The molecule has 7 nitrogen and oxygen atoms in total. The largest absolute Gasteiger partial charge is 0.454 e. The minimum absolute atomic E-state index is 0.105. The third-order valence-corrected chi connectivity index (χ3v) is 6.37. The number of quaternary nitrogens is 2. The van der Waals surface area contributed by atoms with Crippen LogP contribution in [-0.4, -0.2) is 57.4 Å². The van der Waals surface area contributed by atoms with Gasteiger partial charge in [-0.15, -0.1) is 0 Å². The smallest absolute Gasteiger partial charge is 0.292 e. The van der Waals surface area contributed by atoms with Gasteiger partial charge in [0.2, 0.25) is 12.7 Å². The van der Waals surface area contributed by atoms with Gasteiger partial charge in [0.15, 0.2) is 17.5 Å². The molecule has 2 aromatic carbocycles. The van der Waals surface area contributed by atoms with Gasteiger partial charge in [-0.2, -0.15) is 0 Å². The molecule has 0 aromatic heterocycles. The maximum atomic E-state index is 13.1. The molecule has 3 aliphatic rings. The molecule has 2 aromatic rings. The van der Waals surface area contributed by atoms with Crippen molar-refractivity contribution in [2.75, 3.05) is 44.4 Å². The minimum Gasteiger partial charge on any atom is -0.454 e. The van der Waals surface area contributed by atoms with Crippen LogP contribution in [0.5, 0.6) is 11.5 Å². The van der Waals surface area contributed by atoms with Gasteiger partial charge < -0.3 is 19.3 Å². The van der Waals surface area contributed by atoms with Crippen LogP contribution in [0.2, 0.25) is 0 Å². The Morgan fingerprint density at radius 2 is 1.74 bits per heavy atom. The van der Waals surface area contributed by atoms with Crippen LogP contribution in [0, 0.1) is 0 Å². The number of carbonyl (C=O) groups excluding carboxylic acids is 2. The number of hydrogen-bond donors (Lipinski definition) is 2. The zero-order valence-corrected chi connectivity index (χ0v) is 17.4. The third kappa shape index (κ3) is 4.06. The second-order valence-electron chi connectivity index (χ2n) is 8.29. The van der Waals surface area contributed by atoms with Gasteiger partial charge in [-0.1, -0.05) is 36.4 Å². The fourth-order valence-electron chi connectivity index (χ4n) is 4.65. The first-order valence-electron chi connectivity index (χ1n) is 10.9. The van der Waals surface area contributed by atoms with Crippen LogP contribution in [0.15, 0.2) is 54.6 Å². The molecule has 2 amide bonds. The van der Waals surface area contributed by atoms with Crippen LogP contribution in [0.4, 0.5) is 5.69 Å². The Labute approximate surface area is 181 Å². The predicted octanol–water partition coefficient (Wildman–Crippen LogP) is -0.456. The van der Waals surface area contributed by atoms with Gasteiger partial charge in [0.25, 0.3) is 5.91 Å². The average Bonchev–Trinajstić information content (AvgIpc) is 3.38. The summed E-state index contributed by atoms with van der Waals surface area (Å²) in [6, 6.07) is 15.2. The molecule has 3 aliphatic heterocycles. The second-order valence-corrected chi connectivity index (χ2v) is 8.29. The number of hydrogen-bond acceptors (Lipinski definition) is 4. The first-order valence-corrected chi connectivity index (χ1v) is 10.9. The number of imide groups is 1. The van der Waals surface area contributed by atoms with Crippen LogP contribution < -0.4 is 24.2 Å². The lowest BCUT2D eigenvalue weighted by Crippen LogP contribution is -3.30. The molecule has 5 rings (SSSR count). The minimum atomic E-state index is -0.292. The lowest BCUT2D eigenvalue weighted by atomic mass is 10.1. The van der Waals surface area contributed by atoms with E-state index in [1.807, 2.05) is 18.2 Å². The van der Waals surface area contributed by atoms with Crippen molar-refractivity contribution >= 4 is 23.6 Å². The van der Waals surface area contributed by atoms with Gasteiger partial charge in [-0.3, -0.25) is 9.59 Å². The lowest BCUT2D eigenvalue weighted by molar-refractivity contribution is -1.02. The molecular weight excluding hydrogens is 394 g/mol. The van der Waals surface area contributed by atoms with E-state index < -0.39 is 0 Å². The maximum absolute atomic E-state index is 13.1. The number of nitrogens with one attached hydrogen (secondary N) is 2. The SMILES string of the molecule is O=C1C[C@@H]([NH+]2CC[NH+](C/C=C/c3ccccc3)CC2)C(=O)N1c1ccc2c(c1)OCO2. The standard InChI is InChI=1S/C24H25N3O4/c28-23-16-20(24(29)27(23)19-8-9-21-22(15-19)31-17-30-21)26-13-11-25(12-14-26)10-4-7-18-5-2-1-3-6-18/h1-9,15,20H,10-14,16-17H2/p+2/b7-4+/t20-/m1/s1. The summed E-state index contributed by atoms with van der Waals surface area (Å²) in [7, 11) is 0. The van der Waals surface area contributed by atoms with Gasteiger partial charge in [0.05, 0.1) is 18.7 Å². The molecule has 0 spiro atoms. The molecule has 0 aliphatic carbocycles. The highest BCUT2D eigenvalue weighted by molar-refractivity contribution is 6.22. The first-order chi connectivity index (χ1) is 15.2. The third-order valence-electron chi connectivity index (χ3n) is 6.37. The number of rotatable bonds is 5. The van der Waals surface area contributed by atoms with Gasteiger partial charge in [0.1, 0.15) is 26.2 Å². The quantitative estimate of drug-likeness (QED) is 0.642. The van der Waals surface area contributed by atoms with E-state index in [1.54, 1.807) is 18.2 Å². The van der Waals surface area contributed by atoms with Gasteiger partial charge in [0, 0.05) is 6.07 Å². The van der Waals surface area contributed by atoms with Crippen molar-refractivity contribution in [1.82, 2.24) is 0 Å². The van der Waals surface area contributed by atoms with Crippen molar-refractivity contribution in [3.8, 4) is 11.5 Å². The van der Waals surface area contributed by atoms with E-state index in [9.17, 15) is 9.59 Å². The number of carbonyl (C=O) groups is 2. The molecule has 31 heavy (non-hydrogen) atoms. The number of ether oxygens (including phenoxy) is 2. The normalized spacial score (nSPS) is 25.5. The van der Waals surface area contributed by atoms with Crippen LogP contribution in [0.1, 0.15) is 12.0 Å². The molecule has 0 radical (unpaired) electrons. The lowest BCUT2D eigenvalue weighted by Gasteiger charge is -2.31. The maximum Gasteiger partial charge on any atom is 0.292 e. The van der Waals surface area contributed by atoms with Crippen molar-refractivity contribution in [2.24, 2.45) is 0 Å². The highest BCUT2D eigenvalue weighted by atomic mass is 16.7. The molecule has 0 saturated carbocycles. The van der Waals surface area contributed by atoms with Crippen LogP contribution in [0.3, 0.4) is 0 Å². The Kier molecular flexibility index (Phi) is 5.44. The van der Waals surface area contributed by atoms with Crippen molar-refractivity contribution < 1.29 is 28.9 Å². The van der Waals surface area contributed by atoms with E-state index >= 15 is 0 Å². The summed E-state index contributed by atoms with van der Waals surface area (Å²) < 4.78 is 10.7. The van der Waals surface area contributed by atoms with E-state index in [0.29, 0.717) is 17.2 Å². The fourth-order valence-corrected chi connectivity index (χ4v) is 4.65. The number of anilines is 1. The summed E-state index contributed by atoms with van der Waals surface area (Å²) >= 11 is 0. The monoisotopic (exact) mass is 421 g/mol. The summed E-state index contributed by atoms with van der Waals surface area (Å²) in [5.74, 6) is 0.980. The molecule has 0 bridgehead atoms. The zero-order valence-electron chi connectivity index (χ0n) is 17.4. The average molecular weight is 421 g/mol.